The van der Waals surface area contributed by atoms with Crippen LogP contribution in [0.4, 0.5) is 0 Å². The summed E-state index contributed by atoms with van der Waals surface area (Å²) in [4.78, 5) is 0. The van der Waals surface area contributed by atoms with E-state index in [4.69, 9.17) is 17.8 Å². The third kappa shape index (κ3) is 3.07. The van der Waals surface area contributed by atoms with Gasteiger partial charge in [-0.1, -0.05) is 103 Å². The Balaban J connectivity index is 1.49. The van der Waals surface area contributed by atoms with Gasteiger partial charge >= 0.3 is 0 Å². The molecule has 0 aliphatic rings. The van der Waals surface area contributed by atoms with Crippen molar-refractivity contribution in [3.63, 3.8) is 0 Å². The zero-order valence-corrected chi connectivity index (χ0v) is 19.7. The topological polar surface area (TPSA) is 9.86 Å². The van der Waals surface area contributed by atoms with Crippen LogP contribution in [-0.4, -0.2) is 9.13 Å². The summed E-state index contributed by atoms with van der Waals surface area (Å²) >= 11 is 0. The molecule has 0 atom stereocenters. The van der Waals surface area contributed by atoms with Gasteiger partial charge in [0.05, 0.1) is 39.9 Å². The Hall–Kier alpha value is -5.08. The molecule has 0 N–H and O–H groups in total. The fourth-order valence-corrected chi connectivity index (χ4v) is 5.25. The predicted octanol–water partition coefficient (Wildman–Crippen LogP) is 9.55. The van der Waals surface area contributed by atoms with E-state index in [1.165, 1.54) is 4.57 Å². The maximum absolute atomic E-state index is 8.91. The van der Waals surface area contributed by atoms with Gasteiger partial charge in [0, 0.05) is 32.9 Å². The zero-order chi connectivity index (χ0) is 36.4. The van der Waals surface area contributed by atoms with Gasteiger partial charge in [0.15, 0.2) is 0 Å². The van der Waals surface area contributed by atoms with Crippen molar-refractivity contribution in [3.8, 4) is 22.5 Å². The molecule has 0 aliphatic carbocycles. The van der Waals surface area contributed by atoms with Gasteiger partial charge < -0.3 is 9.13 Å². The van der Waals surface area contributed by atoms with Crippen molar-refractivity contribution in [2.24, 2.45) is 0 Å². The average Bonchev–Trinajstić information content (AvgIpc) is 3.67. The molecule has 178 valence electrons. The molecule has 0 radical (unpaired) electrons. The van der Waals surface area contributed by atoms with Crippen LogP contribution in [0.25, 0.3) is 66.1 Å². The lowest BCUT2D eigenvalue weighted by Crippen LogP contribution is -1.97. The molecule has 0 saturated heterocycles. The largest absolute Gasteiger partial charge is 0.309 e. The Bertz CT molecular complexity index is 2750. The van der Waals surface area contributed by atoms with Gasteiger partial charge in [-0.25, -0.2) is 0 Å². The molecule has 0 amide bonds. The van der Waals surface area contributed by atoms with Crippen molar-refractivity contribution in [1.29, 1.82) is 0 Å². The van der Waals surface area contributed by atoms with E-state index in [-0.39, 0.29) is 39.5 Å². The number of rotatable bonds is 3. The van der Waals surface area contributed by atoms with Crippen LogP contribution in [0.15, 0.2) is 145 Å². The Morgan fingerprint density at radius 2 is 1.03 bits per heavy atom. The van der Waals surface area contributed by atoms with Crippen LogP contribution in [0.2, 0.25) is 0 Å². The first kappa shape index (κ1) is 12.0. The van der Waals surface area contributed by atoms with E-state index in [0.717, 1.165) is 16.3 Å². The molecule has 0 bridgehead atoms. The van der Waals surface area contributed by atoms with Gasteiger partial charge in [0.25, 0.3) is 0 Å². The molecular weight excluding hydrogens is 460 g/mol. The monoisotopic (exact) mass is 497 g/mol. The van der Waals surface area contributed by atoms with Gasteiger partial charge in [-0.2, -0.15) is 0 Å². The highest BCUT2D eigenvalue weighted by molar-refractivity contribution is 6.12. The third-order valence-corrected chi connectivity index (χ3v) is 6.84. The lowest BCUT2D eigenvalue weighted by molar-refractivity contribution is 1.15. The number of hydrogen-bond acceptors (Lipinski definition) is 0. The van der Waals surface area contributed by atoms with E-state index < -0.39 is 66.5 Å². The lowest BCUT2D eigenvalue weighted by atomic mass is 10.1. The molecule has 6 aromatic carbocycles. The maximum Gasteiger partial charge on any atom is 0.0645 e. The molecular formula is C36H24N2. The summed E-state index contributed by atoms with van der Waals surface area (Å²) in [5.41, 5.74) is 2.88. The SMILES string of the molecule is [2H]c1c([2H])c([2H])c(-c2cccc(-n3c4ccccc4c4ccc(-n5c6c([2H])c([2H])c([2H])c([2H])c6c6c([2H])c([2H])c([2H])c([2H])c65)cc43)c2)c([2H])c1[2H]. The summed E-state index contributed by atoms with van der Waals surface area (Å²) < 4.78 is 114. The average molecular weight is 498 g/mol. The van der Waals surface area contributed by atoms with Crippen LogP contribution >= 0.6 is 0 Å². The molecule has 2 heterocycles. The molecule has 8 aromatic rings. The number of benzene rings is 6. The van der Waals surface area contributed by atoms with E-state index in [9.17, 15) is 0 Å². The van der Waals surface area contributed by atoms with Crippen LogP contribution < -0.4 is 0 Å². The minimum atomic E-state index is -0.520. The van der Waals surface area contributed by atoms with Gasteiger partial charge in [0.1, 0.15) is 0 Å². The Morgan fingerprint density at radius 3 is 1.82 bits per heavy atom. The van der Waals surface area contributed by atoms with Crippen LogP contribution in [0, 0.1) is 0 Å². The lowest BCUT2D eigenvalue weighted by Gasteiger charge is -2.12. The van der Waals surface area contributed by atoms with Crippen LogP contribution in [0.5, 0.6) is 0 Å². The molecule has 2 aromatic heterocycles. The zero-order valence-electron chi connectivity index (χ0n) is 32.7. The fourth-order valence-electron chi connectivity index (χ4n) is 5.25. The number of hydrogen-bond donors (Lipinski definition) is 0. The van der Waals surface area contributed by atoms with E-state index in [1.807, 2.05) is 41.0 Å². The van der Waals surface area contributed by atoms with E-state index in [2.05, 4.69) is 0 Å². The second kappa shape index (κ2) is 8.22. The number of fused-ring (bicyclic) bond motifs is 6. The van der Waals surface area contributed by atoms with Gasteiger partial charge in [0.2, 0.25) is 0 Å². The van der Waals surface area contributed by atoms with Crippen molar-refractivity contribution in [2.45, 2.75) is 0 Å². The summed E-state index contributed by atoms with van der Waals surface area (Å²) in [7, 11) is 0. The molecule has 0 fully saturated rings. The van der Waals surface area contributed by atoms with Crippen molar-refractivity contribution in [3.05, 3.63) is 145 Å². The Kier molecular flexibility index (Phi) is 2.59. The second-order valence-electron chi connectivity index (χ2n) is 8.89. The Labute approximate surface area is 238 Å². The van der Waals surface area contributed by atoms with Crippen molar-refractivity contribution < 1.29 is 17.8 Å². The van der Waals surface area contributed by atoms with Crippen molar-refractivity contribution in [2.75, 3.05) is 0 Å². The highest BCUT2D eigenvalue weighted by Crippen LogP contribution is 2.37. The highest BCUT2D eigenvalue weighted by Gasteiger charge is 2.16. The van der Waals surface area contributed by atoms with Gasteiger partial charge in [-0.3, -0.25) is 0 Å². The first-order valence-electron chi connectivity index (χ1n) is 18.5. The number of nitrogens with zero attached hydrogens (tertiary/aromatic N) is 2. The second-order valence-corrected chi connectivity index (χ2v) is 8.89. The summed E-state index contributed by atoms with van der Waals surface area (Å²) in [6.07, 6.45) is 0. The van der Waals surface area contributed by atoms with E-state index in [0.29, 0.717) is 22.5 Å². The van der Waals surface area contributed by atoms with Crippen molar-refractivity contribution in [1.82, 2.24) is 9.13 Å². The van der Waals surface area contributed by atoms with Crippen LogP contribution in [0.3, 0.4) is 0 Å². The summed E-state index contributed by atoms with van der Waals surface area (Å²) in [5.74, 6) is 0. The molecule has 0 spiro atoms. The Morgan fingerprint density at radius 1 is 0.395 bits per heavy atom. The molecule has 38 heavy (non-hydrogen) atoms. The predicted molar refractivity (Wildman–Crippen MR) is 161 cm³/mol. The molecule has 0 saturated carbocycles. The van der Waals surface area contributed by atoms with Crippen molar-refractivity contribution >= 4 is 43.6 Å². The smallest absolute Gasteiger partial charge is 0.0645 e. The molecule has 0 unspecified atom stereocenters. The first-order valence-corrected chi connectivity index (χ1v) is 12.0. The fraction of sp³-hybridized carbons (Fsp3) is 0. The quantitative estimate of drug-likeness (QED) is 0.230. The van der Waals surface area contributed by atoms with Crippen LogP contribution in [0.1, 0.15) is 17.8 Å². The summed E-state index contributed by atoms with van der Waals surface area (Å²) in [5, 5.41) is 1.65. The number of para-hydroxylation sites is 3. The summed E-state index contributed by atoms with van der Waals surface area (Å²) in [6, 6.07) is 14.2. The van der Waals surface area contributed by atoms with E-state index >= 15 is 0 Å². The summed E-state index contributed by atoms with van der Waals surface area (Å²) in [6.45, 7) is 0. The van der Waals surface area contributed by atoms with Gasteiger partial charge in [-0.05, 0) is 53.5 Å². The molecule has 2 nitrogen and oxygen atoms in total. The molecule has 2 heteroatoms. The standard InChI is InChI=1S/C36H24N2/c1-2-11-25(12-3-1)26-13-10-14-27(23-26)38-35-20-9-6-17-31(35)32-22-21-28(24-36(32)38)37-33-18-7-4-15-29(33)30-16-5-8-19-34(30)37/h1-24H/i1D,2D,3D,4D,5D,7D,8D,11D,12D,15D,16D,18D,19D. The van der Waals surface area contributed by atoms with E-state index in [1.54, 1.807) is 30.3 Å². The normalized spacial score (nSPS) is 16.5. The highest BCUT2D eigenvalue weighted by atomic mass is 15.0. The van der Waals surface area contributed by atoms with Crippen LogP contribution in [-0.2, 0) is 0 Å². The first-order chi connectivity index (χ1) is 24.3. The third-order valence-electron chi connectivity index (χ3n) is 6.84. The number of aromatic nitrogens is 2. The van der Waals surface area contributed by atoms with Gasteiger partial charge in [-0.15, -0.1) is 0 Å². The molecule has 0 aliphatic heterocycles. The minimum absolute atomic E-state index is 0.00759. The minimum Gasteiger partial charge on any atom is -0.309 e. The molecule has 8 rings (SSSR count). The maximum atomic E-state index is 8.91.